The molecule has 1 aliphatic heterocycles. The maximum atomic E-state index is 15.5. The lowest BCUT2D eigenvalue weighted by Crippen LogP contribution is -2.16. The molecule has 0 aliphatic carbocycles. The first kappa shape index (κ1) is 24.7. The summed E-state index contributed by atoms with van der Waals surface area (Å²) >= 11 is 3.23. The maximum absolute atomic E-state index is 15.5. The lowest BCUT2D eigenvalue weighted by Gasteiger charge is -2.22. The summed E-state index contributed by atoms with van der Waals surface area (Å²) in [5.41, 5.74) is 1.40. The van der Waals surface area contributed by atoms with Crippen LogP contribution < -0.4 is 10.1 Å². The molecule has 4 aromatic rings. The van der Waals surface area contributed by atoms with Gasteiger partial charge in [0.1, 0.15) is 40.9 Å². The van der Waals surface area contributed by atoms with Crippen LogP contribution in [0.25, 0.3) is 11.3 Å². The standard InChI is InChI=1S/C24H18BrF2N7O3/c1-34-13(9-28)8-17(33-34)21(36-11-35-2)14-4-3-5-29-20(14)19-15(6-12(26)7-16(19)27)23-32-22-24(37-23)31-18(25)10-30-22/h3-8,10,21,23H,11H2,1-2H3,(H,30,32)/t21?,23-/m0/s1. The number of fused-ring (bicyclic) bond motifs is 1. The summed E-state index contributed by atoms with van der Waals surface area (Å²) in [6.45, 7) is -0.120. The number of nitrogens with one attached hydrogen (secondary N) is 1. The van der Waals surface area contributed by atoms with E-state index in [4.69, 9.17) is 14.2 Å². The average molecular weight is 570 g/mol. The minimum atomic E-state index is -1.00. The molecule has 4 heterocycles. The van der Waals surface area contributed by atoms with Crippen molar-refractivity contribution in [1.82, 2.24) is 24.7 Å². The zero-order chi connectivity index (χ0) is 26.1. The van der Waals surface area contributed by atoms with Crippen LogP contribution in [0.1, 0.15) is 34.8 Å². The van der Waals surface area contributed by atoms with Crippen LogP contribution >= 0.6 is 15.9 Å². The van der Waals surface area contributed by atoms with Crippen molar-refractivity contribution in [3.8, 4) is 23.2 Å². The molecule has 1 aliphatic rings. The van der Waals surface area contributed by atoms with Crippen molar-refractivity contribution in [2.75, 3.05) is 19.2 Å². The normalized spacial score (nSPS) is 15.0. The van der Waals surface area contributed by atoms with Gasteiger partial charge in [0.25, 0.3) is 5.88 Å². The third kappa shape index (κ3) is 4.74. The van der Waals surface area contributed by atoms with Gasteiger partial charge in [0.15, 0.2) is 5.82 Å². The number of nitriles is 1. The summed E-state index contributed by atoms with van der Waals surface area (Å²) in [6, 6.07) is 8.89. The van der Waals surface area contributed by atoms with E-state index in [-0.39, 0.29) is 29.5 Å². The number of ether oxygens (including phenoxy) is 3. The molecule has 10 nitrogen and oxygen atoms in total. The molecule has 188 valence electrons. The van der Waals surface area contributed by atoms with Crippen molar-refractivity contribution in [1.29, 1.82) is 5.26 Å². The lowest BCUT2D eigenvalue weighted by atomic mass is 9.94. The number of hydrogen-bond donors (Lipinski definition) is 1. The summed E-state index contributed by atoms with van der Waals surface area (Å²) < 4.78 is 48.7. The molecule has 37 heavy (non-hydrogen) atoms. The predicted molar refractivity (Wildman–Crippen MR) is 129 cm³/mol. The fourth-order valence-corrected chi connectivity index (χ4v) is 4.28. The maximum Gasteiger partial charge on any atom is 0.260 e. The molecule has 0 saturated heterocycles. The van der Waals surface area contributed by atoms with Gasteiger partial charge in [-0.2, -0.15) is 10.4 Å². The lowest BCUT2D eigenvalue weighted by molar-refractivity contribution is -0.0604. The third-order valence-corrected chi connectivity index (χ3v) is 5.95. The van der Waals surface area contributed by atoms with E-state index in [1.807, 2.05) is 0 Å². The Morgan fingerprint density at radius 3 is 2.89 bits per heavy atom. The van der Waals surface area contributed by atoms with Gasteiger partial charge in [0.05, 0.1) is 17.6 Å². The van der Waals surface area contributed by atoms with Gasteiger partial charge in [-0.3, -0.25) is 9.67 Å². The van der Waals surface area contributed by atoms with E-state index < -0.39 is 24.0 Å². The molecule has 0 spiro atoms. The number of nitrogens with zero attached hydrogens (tertiary/aromatic N) is 6. The minimum absolute atomic E-state index is 0.0103. The molecule has 2 atom stereocenters. The van der Waals surface area contributed by atoms with E-state index in [2.05, 4.69) is 47.4 Å². The number of aromatic nitrogens is 5. The molecule has 13 heteroatoms. The van der Waals surface area contributed by atoms with Gasteiger partial charge in [-0.1, -0.05) is 6.07 Å². The fourth-order valence-electron chi connectivity index (χ4n) is 4.02. The number of pyridine rings is 1. The first-order valence-corrected chi connectivity index (χ1v) is 11.6. The van der Waals surface area contributed by atoms with E-state index >= 15 is 4.39 Å². The fraction of sp³-hybridized carbons (Fsp3) is 0.208. The van der Waals surface area contributed by atoms with Crippen LogP contribution in [-0.4, -0.2) is 38.6 Å². The Hall–Kier alpha value is -3.99. The molecule has 3 aromatic heterocycles. The van der Waals surface area contributed by atoms with E-state index in [1.165, 1.54) is 24.2 Å². The quantitative estimate of drug-likeness (QED) is 0.323. The summed E-state index contributed by atoms with van der Waals surface area (Å²) in [5, 5.41) is 16.8. The number of hydrogen-bond acceptors (Lipinski definition) is 9. The number of aryl methyl sites for hydroxylation is 1. The summed E-state index contributed by atoms with van der Waals surface area (Å²) in [4.78, 5) is 12.8. The van der Waals surface area contributed by atoms with E-state index in [0.29, 0.717) is 27.4 Å². The first-order valence-electron chi connectivity index (χ1n) is 10.8. The summed E-state index contributed by atoms with van der Waals surface area (Å²) in [6.07, 6.45) is 1.07. The third-order valence-electron chi connectivity index (χ3n) is 5.57. The molecule has 0 saturated carbocycles. The molecular weight excluding hydrogens is 552 g/mol. The molecule has 1 aromatic carbocycles. The van der Waals surface area contributed by atoms with Crippen molar-refractivity contribution in [3.63, 3.8) is 0 Å². The van der Waals surface area contributed by atoms with Crippen LogP contribution in [0.5, 0.6) is 5.88 Å². The molecular formula is C24H18BrF2N7O3. The topological polar surface area (TPSA) is 120 Å². The van der Waals surface area contributed by atoms with Gasteiger partial charge in [-0.25, -0.2) is 18.7 Å². The number of halogens is 3. The molecule has 5 rings (SSSR count). The van der Waals surface area contributed by atoms with Crippen LogP contribution in [0.2, 0.25) is 0 Å². The zero-order valence-electron chi connectivity index (χ0n) is 19.4. The monoisotopic (exact) mass is 569 g/mol. The Morgan fingerprint density at radius 2 is 2.14 bits per heavy atom. The highest BCUT2D eigenvalue weighted by atomic mass is 79.9. The van der Waals surface area contributed by atoms with Crippen LogP contribution in [0, 0.1) is 23.0 Å². The van der Waals surface area contributed by atoms with Crippen LogP contribution in [0.4, 0.5) is 14.6 Å². The SMILES string of the molecule is COCOC(c1cc(C#N)n(C)n1)c1cccnc1-c1c(F)cc(F)cc1[C@H]1Nc2ncc(Br)nc2O1. The highest BCUT2D eigenvalue weighted by molar-refractivity contribution is 9.10. The van der Waals surface area contributed by atoms with Gasteiger partial charge in [-0.15, -0.1) is 0 Å². The van der Waals surface area contributed by atoms with Crippen molar-refractivity contribution in [2.24, 2.45) is 7.05 Å². The van der Waals surface area contributed by atoms with Gasteiger partial charge in [0.2, 0.25) is 6.23 Å². The highest BCUT2D eigenvalue weighted by Gasteiger charge is 2.33. The van der Waals surface area contributed by atoms with Crippen LogP contribution in [0.15, 0.2) is 47.3 Å². The number of methoxy groups -OCH3 is 1. The number of benzene rings is 1. The number of anilines is 1. The van der Waals surface area contributed by atoms with E-state index in [0.717, 1.165) is 12.1 Å². The first-order chi connectivity index (χ1) is 17.9. The molecule has 0 amide bonds. The molecule has 0 bridgehead atoms. The van der Waals surface area contributed by atoms with Gasteiger partial charge >= 0.3 is 0 Å². The highest BCUT2D eigenvalue weighted by Crippen LogP contribution is 2.42. The minimum Gasteiger partial charge on any atom is -0.447 e. The second kappa shape index (κ2) is 10.2. The second-order valence-electron chi connectivity index (χ2n) is 7.92. The average Bonchev–Trinajstić information content (AvgIpc) is 3.47. The van der Waals surface area contributed by atoms with Crippen molar-refractivity contribution >= 4 is 21.7 Å². The number of rotatable bonds is 7. The van der Waals surface area contributed by atoms with Gasteiger partial charge in [-0.05, 0) is 28.1 Å². The van der Waals surface area contributed by atoms with Crippen LogP contribution in [-0.2, 0) is 16.5 Å². The predicted octanol–water partition coefficient (Wildman–Crippen LogP) is 4.40. The summed E-state index contributed by atoms with van der Waals surface area (Å²) in [5.74, 6) is -1.16. The largest absolute Gasteiger partial charge is 0.447 e. The molecule has 0 fully saturated rings. The zero-order valence-corrected chi connectivity index (χ0v) is 21.0. The van der Waals surface area contributed by atoms with Crippen LogP contribution in [0.3, 0.4) is 0 Å². The van der Waals surface area contributed by atoms with E-state index in [9.17, 15) is 9.65 Å². The van der Waals surface area contributed by atoms with Crippen molar-refractivity contribution < 1.29 is 23.0 Å². The Balaban J connectivity index is 1.65. The van der Waals surface area contributed by atoms with Gasteiger partial charge in [0, 0.05) is 49.2 Å². The van der Waals surface area contributed by atoms with Gasteiger partial charge < -0.3 is 19.5 Å². The Bertz CT molecular complexity index is 1520. The Kier molecular flexibility index (Phi) is 6.79. The Labute approximate surface area is 218 Å². The second-order valence-corrected chi connectivity index (χ2v) is 8.74. The molecule has 1 N–H and O–H groups in total. The van der Waals surface area contributed by atoms with Crippen molar-refractivity contribution in [2.45, 2.75) is 12.3 Å². The smallest absolute Gasteiger partial charge is 0.260 e. The molecule has 0 radical (unpaired) electrons. The molecule has 1 unspecified atom stereocenters. The van der Waals surface area contributed by atoms with Crippen molar-refractivity contribution in [3.05, 3.63) is 81.5 Å². The summed E-state index contributed by atoms with van der Waals surface area (Å²) in [7, 11) is 3.08. The van der Waals surface area contributed by atoms with E-state index in [1.54, 1.807) is 25.2 Å². The Morgan fingerprint density at radius 1 is 1.30 bits per heavy atom.